The monoisotopic (exact) mass is 591 g/mol. The molecule has 2 N–H and O–H groups in total. The van der Waals surface area contributed by atoms with Crippen molar-refractivity contribution in [1.82, 2.24) is 14.9 Å². The van der Waals surface area contributed by atoms with Crippen LogP contribution in [0.25, 0.3) is 11.3 Å². The Morgan fingerprint density at radius 2 is 1.45 bits per heavy atom. The zero-order valence-electron chi connectivity index (χ0n) is 26.9. The van der Waals surface area contributed by atoms with Gasteiger partial charge in [0.15, 0.2) is 0 Å². The van der Waals surface area contributed by atoms with Crippen LogP contribution in [0.1, 0.15) is 92.1 Å². The van der Waals surface area contributed by atoms with Gasteiger partial charge in [-0.25, -0.2) is 9.97 Å². The van der Waals surface area contributed by atoms with Crippen LogP contribution in [0.4, 0.5) is 17.3 Å². The second kappa shape index (κ2) is 14.8. The highest BCUT2D eigenvalue weighted by Crippen LogP contribution is 2.29. The molecule has 230 valence electrons. The first-order valence-electron chi connectivity index (χ1n) is 15.6. The van der Waals surface area contributed by atoms with Crippen molar-refractivity contribution < 1.29 is 9.59 Å². The van der Waals surface area contributed by atoms with Gasteiger partial charge in [0.25, 0.3) is 11.8 Å². The Balaban J connectivity index is 1.46. The van der Waals surface area contributed by atoms with Crippen LogP contribution in [0.3, 0.4) is 0 Å². The molecule has 0 aliphatic rings. The van der Waals surface area contributed by atoms with E-state index in [1.54, 1.807) is 6.20 Å². The molecule has 1 aromatic heterocycles. The van der Waals surface area contributed by atoms with Crippen molar-refractivity contribution in [3.63, 3.8) is 0 Å². The highest BCUT2D eigenvalue weighted by Gasteiger charge is 2.17. The number of anilines is 3. The van der Waals surface area contributed by atoms with Crippen LogP contribution in [0.5, 0.6) is 0 Å². The van der Waals surface area contributed by atoms with Crippen LogP contribution >= 0.6 is 0 Å². The summed E-state index contributed by atoms with van der Waals surface area (Å²) < 4.78 is 0. The molecule has 0 unspecified atom stereocenters. The smallest absolute Gasteiger partial charge is 0.255 e. The predicted octanol–water partition coefficient (Wildman–Crippen LogP) is 8.79. The first-order chi connectivity index (χ1) is 21.1. The Bertz CT molecular complexity index is 1550. The lowest BCUT2D eigenvalue weighted by molar-refractivity contribution is 0.0751. The number of carbonyl (C=O) groups excluding carboxylic acids is 2. The number of nitrogens with one attached hydrogen (secondary N) is 2. The van der Waals surface area contributed by atoms with Gasteiger partial charge in [-0.2, -0.15) is 0 Å². The van der Waals surface area contributed by atoms with Crippen molar-refractivity contribution in [2.24, 2.45) is 0 Å². The van der Waals surface area contributed by atoms with Crippen LogP contribution in [0, 0.1) is 6.92 Å². The van der Waals surface area contributed by atoms with E-state index in [0.29, 0.717) is 17.1 Å². The average molecular weight is 592 g/mol. The summed E-state index contributed by atoms with van der Waals surface area (Å²) in [5.41, 5.74) is 6.57. The number of amides is 2. The molecule has 0 atom stereocenters. The van der Waals surface area contributed by atoms with Crippen molar-refractivity contribution in [1.29, 1.82) is 0 Å². The van der Waals surface area contributed by atoms with Crippen LogP contribution in [-0.4, -0.2) is 39.8 Å². The van der Waals surface area contributed by atoms with Crippen molar-refractivity contribution in [3.8, 4) is 11.3 Å². The predicted molar refractivity (Wildman–Crippen MR) is 181 cm³/mol. The van der Waals surface area contributed by atoms with E-state index in [2.05, 4.69) is 50.2 Å². The average Bonchev–Trinajstić information content (AvgIpc) is 3.02. The Morgan fingerprint density at radius 3 is 2.07 bits per heavy atom. The molecule has 1 heterocycles. The number of hydrogen-bond donors (Lipinski definition) is 2. The molecule has 44 heavy (non-hydrogen) atoms. The molecule has 0 spiro atoms. The summed E-state index contributed by atoms with van der Waals surface area (Å²) in [7, 11) is 0. The van der Waals surface area contributed by atoms with Crippen LogP contribution in [0.15, 0.2) is 79.0 Å². The van der Waals surface area contributed by atoms with Crippen molar-refractivity contribution in [2.75, 3.05) is 23.7 Å². The molecular weight excluding hydrogens is 546 g/mol. The zero-order chi connectivity index (χ0) is 31.7. The molecule has 0 saturated heterocycles. The van der Waals surface area contributed by atoms with E-state index >= 15 is 0 Å². The number of nitrogens with zero attached hydrogens (tertiary/aromatic N) is 3. The molecule has 2 amide bonds. The topological polar surface area (TPSA) is 87.2 Å². The summed E-state index contributed by atoms with van der Waals surface area (Å²) in [6.07, 6.45) is 5.83. The van der Waals surface area contributed by atoms with E-state index in [-0.39, 0.29) is 17.2 Å². The van der Waals surface area contributed by atoms with Gasteiger partial charge in [-0.1, -0.05) is 71.7 Å². The van der Waals surface area contributed by atoms with Crippen molar-refractivity contribution in [2.45, 2.75) is 72.6 Å². The first kappa shape index (κ1) is 32.4. The zero-order valence-corrected chi connectivity index (χ0v) is 26.9. The Hall–Kier alpha value is -4.52. The Labute approximate surface area is 262 Å². The van der Waals surface area contributed by atoms with Gasteiger partial charge in [0.05, 0.1) is 5.69 Å². The summed E-state index contributed by atoms with van der Waals surface area (Å²) in [6, 6.07) is 22.9. The molecular formula is C37H45N5O2. The van der Waals surface area contributed by atoms with E-state index in [1.807, 2.05) is 84.6 Å². The lowest BCUT2D eigenvalue weighted by Crippen LogP contribution is -2.32. The van der Waals surface area contributed by atoms with E-state index in [1.165, 1.54) is 5.56 Å². The second-order valence-electron chi connectivity index (χ2n) is 12.2. The highest BCUT2D eigenvalue weighted by atomic mass is 16.2. The molecule has 3 aromatic carbocycles. The third-order valence-electron chi connectivity index (χ3n) is 7.77. The largest absolute Gasteiger partial charge is 0.339 e. The summed E-state index contributed by atoms with van der Waals surface area (Å²) in [4.78, 5) is 37.3. The first-order valence-corrected chi connectivity index (χ1v) is 15.6. The van der Waals surface area contributed by atoms with Gasteiger partial charge >= 0.3 is 0 Å². The van der Waals surface area contributed by atoms with Gasteiger partial charge in [0.1, 0.15) is 0 Å². The van der Waals surface area contributed by atoms with E-state index in [4.69, 9.17) is 4.98 Å². The number of rotatable bonds is 12. The maximum atomic E-state index is 13.1. The van der Waals surface area contributed by atoms with Gasteiger partial charge in [0.2, 0.25) is 5.95 Å². The fourth-order valence-corrected chi connectivity index (χ4v) is 4.95. The van der Waals surface area contributed by atoms with Gasteiger partial charge in [-0.3, -0.25) is 9.59 Å². The summed E-state index contributed by atoms with van der Waals surface area (Å²) in [5.74, 6) is 0.361. The Morgan fingerprint density at radius 1 is 0.818 bits per heavy atom. The Kier molecular flexibility index (Phi) is 10.9. The van der Waals surface area contributed by atoms with Gasteiger partial charge in [-0.05, 0) is 84.8 Å². The molecule has 4 aromatic rings. The van der Waals surface area contributed by atoms with Crippen molar-refractivity contribution in [3.05, 3.63) is 101 Å². The number of unbranched alkanes of at least 4 members (excludes halogenated alkanes) is 2. The normalized spacial score (nSPS) is 11.2. The minimum atomic E-state index is -0.156. The van der Waals surface area contributed by atoms with Gasteiger partial charge in [-0.15, -0.1) is 0 Å². The molecule has 0 saturated carbocycles. The molecule has 7 heteroatoms. The third-order valence-corrected chi connectivity index (χ3v) is 7.77. The number of benzene rings is 3. The number of aromatic nitrogens is 2. The summed E-state index contributed by atoms with van der Waals surface area (Å²) >= 11 is 0. The minimum absolute atomic E-state index is 0.0252. The summed E-state index contributed by atoms with van der Waals surface area (Å²) in [5, 5.41) is 6.33. The molecule has 0 aliphatic carbocycles. The second-order valence-corrected chi connectivity index (χ2v) is 12.2. The van der Waals surface area contributed by atoms with Crippen molar-refractivity contribution >= 4 is 29.1 Å². The van der Waals surface area contributed by atoms with Crippen LogP contribution < -0.4 is 10.6 Å². The van der Waals surface area contributed by atoms with Gasteiger partial charge < -0.3 is 15.5 Å². The summed E-state index contributed by atoms with van der Waals surface area (Å²) in [6.45, 7) is 14.3. The lowest BCUT2D eigenvalue weighted by Gasteiger charge is -2.22. The quantitative estimate of drug-likeness (QED) is 0.172. The number of hydrogen-bond acceptors (Lipinski definition) is 5. The minimum Gasteiger partial charge on any atom is -0.339 e. The van der Waals surface area contributed by atoms with E-state index in [0.717, 1.165) is 67.0 Å². The lowest BCUT2D eigenvalue weighted by atomic mass is 9.86. The number of carbonyl (C=O) groups is 2. The molecule has 0 aliphatic heterocycles. The molecule has 0 fully saturated rings. The standard InChI is InChI=1S/C37H45N5O2/c1-7-9-24-42(25-10-8-2)35(44)28-16-20-30(21-17-28)39-36-38-23-22-33(41-36)31-12-11-13-32(26(31)3)40-34(43)27-14-18-29(19-15-27)37(4,5)6/h11-23H,7-10,24-25H2,1-6H3,(H,40,43)(H,38,39,41). The molecule has 0 radical (unpaired) electrons. The fraction of sp³-hybridized carbons (Fsp3) is 0.351. The molecule has 7 nitrogen and oxygen atoms in total. The van der Waals surface area contributed by atoms with E-state index < -0.39 is 0 Å². The highest BCUT2D eigenvalue weighted by molar-refractivity contribution is 6.05. The maximum Gasteiger partial charge on any atom is 0.255 e. The van der Waals surface area contributed by atoms with E-state index in [9.17, 15) is 9.59 Å². The molecule has 0 bridgehead atoms. The third kappa shape index (κ3) is 8.31. The SMILES string of the molecule is CCCCN(CCCC)C(=O)c1ccc(Nc2nccc(-c3cccc(NC(=O)c4ccc(C(C)(C)C)cc4)c3C)n2)cc1. The molecule has 4 rings (SSSR count). The van der Waals surface area contributed by atoms with Crippen LogP contribution in [0.2, 0.25) is 0 Å². The van der Waals surface area contributed by atoms with Gasteiger partial charge in [0, 0.05) is 47.4 Å². The van der Waals surface area contributed by atoms with Crippen LogP contribution in [-0.2, 0) is 5.41 Å². The maximum absolute atomic E-state index is 13.1. The fourth-order valence-electron chi connectivity index (χ4n) is 4.95.